The van der Waals surface area contributed by atoms with Crippen LogP contribution >= 0.6 is 0 Å². The van der Waals surface area contributed by atoms with Crippen LogP contribution in [0.5, 0.6) is 0 Å². The van der Waals surface area contributed by atoms with E-state index in [0.717, 1.165) is 0 Å². The van der Waals surface area contributed by atoms with E-state index in [1.54, 1.807) is 11.0 Å². The van der Waals surface area contributed by atoms with Crippen molar-refractivity contribution in [2.24, 2.45) is 5.18 Å². The van der Waals surface area contributed by atoms with Gasteiger partial charge in [-0.1, -0.05) is 5.18 Å². The van der Waals surface area contributed by atoms with E-state index in [1.807, 2.05) is 13.8 Å². The zero-order valence-electron chi connectivity index (χ0n) is 6.56. The average Bonchev–Trinajstić information content (AvgIpc) is 2.37. The molecule has 0 radical (unpaired) electrons. The Morgan fingerprint density at radius 2 is 2.36 bits per heavy atom. The molecule has 0 amide bonds. The van der Waals surface area contributed by atoms with E-state index in [4.69, 9.17) is 0 Å². The quantitative estimate of drug-likeness (QED) is 0.604. The van der Waals surface area contributed by atoms with Crippen LogP contribution in [0.4, 0.5) is 0 Å². The third-order valence-corrected chi connectivity index (χ3v) is 1.49. The molecule has 0 aliphatic rings. The molecule has 0 fully saturated rings. The number of rotatable bonds is 3. The van der Waals surface area contributed by atoms with Crippen LogP contribution in [0, 0.1) is 4.91 Å². The van der Waals surface area contributed by atoms with E-state index >= 15 is 0 Å². The van der Waals surface area contributed by atoms with Gasteiger partial charge < -0.3 is 0 Å². The fourth-order valence-electron chi connectivity index (χ4n) is 0.751. The third-order valence-electron chi connectivity index (χ3n) is 1.49. The van der Waals surface area contributed by atoms with Crippen LogP contribution < -0.4 is 0 Å². The maximum absolute atomic E-state index is 10.0. The number of nitroso groups, excluding NO2 is 1. The first-order chi connectivity index (χ1) is 5.17. The maximum atomic E-state index is 10.0. The lowest BCUT2D eigenvalue weighted by molar-refractivity contribution is 0.329. The Morgan fingerprint density at radius 1 is 1.64 bits per heavy atom. The van der Waals surface area contributed by atoms with Gasteiger partial charge in [0.1, 0.15) is 19.2 Å². The Kier molecular flexibility index (Phi) is 1.98. The lowest BCUT2D eigenvalue weighted by atomic mass is 10.1. The second kappa shape index (κ2) is 2.77. The van der Waals surface area contributed by atoms with E-state index in [9.17, 15) is 4.91 Å². The molecule has 1 heterocycles. The highest BCUT2D eigenvalue weighted by molar-refractivity contribution is 4.78. The molecule has 0 unspecified atom stereocenters. The SMILES string of the molecule is CC(C)(CN=O)n1cncn1. The van der Waals surface area contributed by atoms with Crippen molar-refractivity contribution in [3.05, 3.63) is 17.6 Å². The Labute approximate surface area is 64.4 Å². The van der Waals surface area contributed by atoms with Crippen molar-refractivity contribution in [3.63, 3.8) is 0 Å². The molecule has 0 spiro atoms. The predicted octanol–water partition coefficient (Wildman–Crippen LogP) is 0.780. The van der Waals surface area contributed by atoms with Gasteiger partial charge in [-0.3, -0.25) is 0 Å². The highest BCUT2D eigenvalue weighted by Crippen LogP contribution is 2.12. The summed E-state index contributed by atoms with van der Waals surface area (Å²) in [5.41, 5.74) is -0.363. The minimum Gasteiger partial charge on any atom is -0.245 e. The molecule has 0 N–H and O–H groups in total. The van der Waals surface area contributed by atoms with E-state index < -0.39 is 0 Å². The first-order valence-electron chi connectivity index (χ1n) is 3.31. The lowest BCUT2D eigenvalue weighted by Gasteiger charge is -2.20. The number of hydrogen-bond donors (Lipinski definition) is 0. The summed E-state index contributed by atoms with van der Waals surface area (Å²) in [6, 6.07) is 0. The summed E-state index contributed by atoms with van der Waals surface area (Å²) in [6.45, 7) is 3.96. The second-order valence-corrected chi connectivity index (χ2v) is 2.94. The second-order valence-electron chi connectivity index (χ2n) is 2.94. The molecule has 1 aromatic heterocycles. The van der Waals surface area contributed by atoms with Crippen LogP contribution in [0.25, 0.3) is 0 Å². The van der Waals surface area contributed by atoms with E-state index in [0.29, 0.717) is 0 Å². The number of aromatic nitrogens is 3. The summed E-state index contributed by atoms with van der Waals surface area (Å²) in [5.74, 6) is 0. The maximum Gasteiger partial charge on any atom is 0.137 e. The van der Waals surface area contributed by atoms with Crippen LogP contribution in [0.2, 0.25) is 0 Å². The minimum absolute atomic E-state index is 0.205. The van der Waals surface area contributed by atoms with Crippen molar-refractivity contribution in [2.75, 3.05) is 6.54 Å². The predicted molar refractivity (Wildman–Crippen MR) is 40.0 cm³/mol. The molecule has 0 bridgehead atoms. The highest BCUT2D eigenvalue weighted by atomic mass is 16.3. The topological polar surface area (TPSA) is 60.1 Å². The fourth-order valence-corrected chi connectivity index (χ4v) is 0.751. The molecule has 0 aliphatic carbocycles. The molecule has 1 aromatic rings. The summed E-state index contributed by atoms with van der Waals surface area (Å²) in [5, 5.41) is 6.74. The van der Waals surface area contributed by atoms with Crippen molar-refractivity contribution in [1.29, 1.82) is 0 Å². The van der Waals surface area contributed by atoms with E-state index in [1.165, 1.54) is 6.33 Å². The highest BCUT2D eigenvalue weighted by Gasteiger charge is 2.20. The molecule has 0 atom stereocenters. The van der Waals surface area contributed by atoms with Gasteiger partial charge in [0.25, 0.3) is 0 Å². The molecule has 0 aliphatic heterocycles. The number of nitrogens with zero attached hydrogens (tertiary/aromatic N) is 4. The molecule has 1 rings (SSSR count). The zero-order valence-corrected chi connectivity index (χ0v) is 6.56. The van der Waals surface area contributed by atoms with Crippen LogP contribution in [0.1, 0.15) is 13.8 Å². The van der Waals surface area contributed by atoms with Crippen molar-refractivity contribution < 1.29 is 0 Å². The normalized spacial score (nSPS) is 11.5. The van der Waals surface area contributed by atoms with Crippen molar-refractivity contribution in [2.45, 2.75) is 19.4 Å². The molecule has 0 aromatic carbocycles. The van der Waals surface area contributed by atoms with Gasteiger partial charge >= 0.3 is 0 Å². The van der Waals surface area contributed by atoms with Gasteiger partial charge in [0.05, 0.1) is 5.54 Å². The average molecular weight is 154 g/mol. The van der Waals surface area contributed by atoms with E-state index in [-0.39, 0.29) is 12.1 Å². The fraction of sp³-hybridized carbons (Fsp3) is 0.667. The zero-order chi connectivity index (χ0) is 8.32. The third kappa shape index (κ3) is 1.60. The van der Waals surface area contributed by atoms with Gasteiger partial charge in [-0.15, -0.1) is 0 Å². The van der Waals surface area contributed by atoms with Crippen molar-refractivity contribution in [3.8, 4) is 0 Å². The van der Waals surface area contributed by atoms with Gasteiger partial charge in [-0.05, 0) is 13.8 Å². The molecule has 60 valence electrons. The molecule has 11 heavy (non-hydrogen) atoms. The Morgan fingerprint density at radius 3 is 2.82 bits per heavy atom. The van der Waals surface area contributed by atoms with Crippen molar-refractivity contribution >= 4 is 0 Å². The smallest absolute Gasteiger partial charge is 0.137 e. The largest absolute Gasteiger partial charge is 0.245 e. The summed E-state index contributed by atoms with van der Waals surface area (Å²) in [4.78, 5) is 13.8. The lowest BCUT2D eigenvalue weighted by Crippen LogP contribution is -2.29. The minimum atomic E-state index is -0.363. The molecule has 0 saturated carbocycles. The summed E-state index contributed by atoms with van der Waals surface area (Å²) < 4.78 is 1.62. The molecule has 5 nitrogen and oxygen atoms in total. The van der Waals surface area contributed by atoms with Crippen LogP contribution in [-0.4, -0.2) is 21.3 Å². The monoisotopic (exact) mass is 154 g/mol. The summed E-state index contributed by atoms with van der Waals surface area (Å²) >= 11 is 0. The van der Waals surface area contributed by atoms with Gasteiger partial charge in [0.15, 0.2) is 0 Å². The molecular formula is C6H10N4O. The Balaban J connectivity index is 2.81. The standard InChI is InChI=1S/C6H10N4O/c1-6(2,3-9-11)10-5-7-4-8-10/h4-5H,3H2,1-2H3. The molecular weight excluding hydrogens is 144 g/mol. The van der Waals surface area contributed by atoms with Crippen LogP contribution in [-0.2, 0) is 5.54 Å². The van der Waals surface area contributed by atoms with Crippen molar-refractivity contribution in [1.82, 2.24) is 14.8 Å². The van der Waals surface area contributed by atoms with Gasteiger partial charge in [0, 0.05) is 0 Å². The molecule has 5 heteroatoms. The van der Waals surface area contributed by atoms with Gasteiger partial charge in [-0.25, -0.2) is 9.67 Å². The number of hydrogen-bond acceptors (Lipinski definition) is 4. The van der Waals surface area contributed by atoms with Gasteiger partial charge in [0.2, 0.25) is 0 Å². The molecule has 0 saturated heterocycles. The summed E-state index contributed by atoms with van der Waals surface area (Å²) in [7, 11) is 0. The first kappa shape index (κ1) is 7.84. The first-order valence-corrected chi connectivity index (χ1v) is 3.31. The summed E-state index contributed by atoms with van der Waals surface area (Å²) in [6.07, 6.45) is 3.01. The van der Waals surface area contributed by atoms with Crippen LogP contribution in [0.15, 0.2) is 17.8 Å². The van der Waals surface area contributed by atoms with Gasteiger partial charge in [-0.2, -0.15) is 10.0 Å². The van der Waals surface area contributed by atoms with Crippen LogP contribution in [0.3, 0.4) is 0 Å². The van der Waals surface area contributed by atoms with E-state index in [2.05, 4.69) is 15.3 Å². The Bertz CT molecular complexity index is 229. The Hall–Kier alpha value is -1.26.